The van der Waals surface area contributed by atoms with Gasteiger partial charge in [0, 0.05) is 0 Å². The Labute approximate surface area is 42.5 Å². The SMILES string of the molecule is C=C(C#N)OP=O. The molecule has 7 heavy (non-hydrogen) atoms. The van der Waals surface area contributed by atoms with Gasteiger partial charge in [0.05, 0.1) is 0 Å². The molecular formula is C3H2NO2P. The Hall–Kier alpha value is -0.870. The van der Waals surface area contributed by atoms with E-state index in [9.17, 15) is 4.57 Å². The van der Waals surface area contributed by atoms with Crippen LogP contribution in [-0.2, 0) is 9.09 Å². The fraction of sp³-hybridized carbons (Fsp3) is 0. The molecule has 0 N–H and O–H groups in total. The summed E-state index contributed by atoms with van der Waals surface area (Å²) >= 11 is 0. The van der Waals surface area contributed by atoms with E-state index in [-0.39, 0.29) is 5.76 Å². The van der Waals surface area contributed by atoms with Crippen LogP contribution in [0.2, 0.25) is 0 Å². The highest BCUT2D eigenvalue weighted by Crippen LogP contribution is 2.01. The van der Waals surface area contributed by atoms with Crippen LogP contribution in [0.3, 0.4) is 0 Å². The average molecular weight is 115 g/mol. The zero-order valence-corrected chi connectivity index (χ0v) is 4.31. The molecule has 0 bridgehead atoms. The molecule has 0 radical (unpaired) electrons. The average Bonchev–Trinajstić information content (AvgIpc) is 1.68. The number of allylic oxidation sites excluding steroid dienone is 1. The third-order valence-corrected chi connectivity index (χ3v) is 0.567. The van der Waals surface area contributed by atoms with Gasteiger partial charge < -0.3 is 4.52 Å². The van der Waals surface area contributed by atoms with E-state index < -0.39 is 8.69 Å². The molecule has 0 aliphatic rings. The van der Waals surface area contributed by atoms with Gasteiger partial charge in [-0.2, -0.15) is 5.26 Å². The van der Waals surface area contributed by atoms with E-state index in [0.717, 1.165) is 0 Å². The van der Waals surface area contributed by atoms with Crippen LogP contribution in [0.15, 0.2) is 12.3 Å². The lowest BCUT2D eigenvalue weighted by Gasteiger charge is -1.80. The van der Waals surface area contributed by atoms with Crippen molar-refractivity contribution >= 4 is 8.69 Å². The second-order valence-electron chi connectivity index (χ2n) is 0.701. The molecule has 0 saturated heterocycles. The first-order chi connectivity index (χ1) is 3.31. The lowest BCUT2D eigenvalue weighted by Crippen LogP contribution is -1.67. The Kier molecular flexibility index (Phi) is 2.91. The Bertz CT molecular complexity index is 125. The molecule has 3 nitrogen and oxygen atoms in total. The summed E-state index contributed by atoms with van der Waals surface area (Å²) in [7, 11) is -0.532. The van der Waals surface area contributed by atoms with Crippen LogP contribution in [0.5, 0.6) is 0 Å². The van der Waals surface area contributed by atoms with Crippen LogP contribution in [0.25, 0.3) is 0 Å². The van der Waals surface area contributed by atoms with Crippen molar-refractivity contribution in [3.8, 4) is 6.07 Å². The van der Waals surface area contributed by atoms with Gasteiger partial charge in [-0.3, -0.25) is 0 Å². The predicted octanol–water partition coefficient (Wildman–Crippen LogP) is 1.25. The molecule has 0 amide bonds. The highest BCUT2D eigenvalue weighted by atomic mass is 31.1. The molecule has 0 aromatic rings. The molecule has 0 aromatic carbocycles. The van der Waals surface area contributed by atoms with Gasteiger partial charge in [0.1, 0.15) is 6.07 Å². The van der Waals surface area contributed by atoms with E-state index in [1.165, 1.54) is 0 Å². The first kappa shape index (κ1) is 6.13. The Morgan fingerprint density at radius 2 is 2.57 bits per heavy atom. The smallest absolute Gasteiger partial charge is 0.396 e. The lowest BCUT2D eigenvalue weighted by atomic mass is 10.7. The van der Waals surface area contributed by atoms with Crippen molar-refractivity contribution < 1.29 is 9.09 Å². The Morgan fingerprint density at radius 1 is 2.00 bits per heavy atom. The van der Waals surface area contributed by atoms with Crippen LogP contribution in [-0.4, -0.2) is 0 Å². The summed E-state index contributed by atoms with van der Waals surface area (Å²) < 4.78 is 13.5. The van der Waals surface area contributed by atoms with Gasteiger partial charge in [-0.15, -0.1) is 0 Å². The van der Waals surface area contributed by atoms with Crippen LogP contribution in [0, 0.1) is 11.3 Å². The van der Waals surface area contributed by atoms with Crippen LogP contribution < -0.4 is 0 Å². The highest BCUT2D eigenvalue weighted by molar-refractivity contribution is 7.17. The van der Waals surface area contributed by atoms with E-state index in [2.05, 4.69) is 11.1 Å². The van der Waals surface area contributed by atoms with Gasteiger partial charge in [-0.25, -0.2) is 4.57 Å². The van der Waals surface area contributed by atoms with Crippen molar-refractivity contribution in [2.75, 3.05) is 0 Å². The first-order valence-electron chi connectivity index (χ1n) is 1.40. The van der Waals surface area contributed by atoms with Gasteiger partial charge in [-0.05, 0) is 6.58 Å². The minimum absolute atomic E-state index is 0.142. The zero-order valence-electron chi connectivity index (χ0n) is 3.42. The topological polar surface area (TPSA) is 50.1 Å². The minimum atomic E-state index is -0.532. The number of hydrogen-bond acceptors (Lipinski definition) is 3. The lowest BCUT2D eigenvalue weighted by molar-refractivity contribution is 0.462. The van der Waals surface area contributed by atoms with E-state index in [4.69, 9.17) is 5.26 Å². The molecule has 0 spiro atoms. The van der Waals surface area contributed by atoms with E-state index >= 15 is 0 Å². The largest absolute Gasteiger partial charge is 0.397 e. The molecule has 0 atom stereocenters. The summed E-state index contributed by atoms with van der Waals surface area (Å²) in [5.41, 5.74) is 0. The fourth-order valence-corrected chi connectivity index (χ4v) is 0.196. The molecule has 0 heterocycles. The second-order valence-corrected chi connectivity index (χ2v) is 1.03. The summed E-state index contributed by atoms with van der Waals surface area (Å²) in [6, 6.07) is 1.54. The maximum atomic E-state index is 9.44. The summed E-state index contributed by atoms with van der Waals surface area (Å²) in [4.78, 5) is 0. The number of rotatable bonds is 2. The van der Waals surface area contributed by atoms with Crippen molar-refractivity contribution in [3.63, 3.8) is 0 Å². The Morgan fingerprint density at radius 3 is 2.71 bits per heavy atom. The molecule has 4 heteroatoms. The van der Waals surface area contributed by atoms with Gasteiger partial charge in [0.25, 0.3) is 0 Å². The maximum Gasteiger partial charge on any atom is 0.396 e. The molecule has 0 saturated carbocycles. The van der Waals surface area contributed by atoms with Gasteiger partial charge in [0.15, 0.2) is 0 Å². The highest BCUT2D eigenvalue weighted by Gasteiger charge is 1.84. The van der Waals surface area contributed by atoms with E-state index in [0.29, 0.717) is 0 Å². The van der Waals surface area contributed by atoms with Gasteiger partial charge in [0.2, 0.25) is 5.76 Å². The van der Waals surface area contributed by atoms with Crippen LogP contribution in [0.4, 0.5) is 0 Å². The molecular weight excluding hydrogens is 113 g/mol. The predicted molar refractivity (Wildman–Crippen MR) is 23.4 cm³/mol. The molecule has 0 rings (SSSR count). The van der Waals surface area contributed by atoms with Crippen molar-refractivity contribution in [2.45, 2.75) is 0 Å². The summed E-state index contributed by atoms with van der Waals surface area (Å²) in [5.74, 6) is -0.142. The Balaban J connectivity index is 3.43. The standard InChI is InChI=1S/C3H2NO2P/c1-3(2-4)6-7-5/h1H2. The third kappa shape index (κ3) is 2.95. The quantitative estimate of drug-likeness (QED) is 0.309. The van der Waals surface area contributed by atoms with Crippen molar-refractivity contribution in [1.29, 1.82) is 5.26 Å². The van der Waals surface area contributed by atoms with Crippen molar-refractivity contribution in [3.05, 3.63) is 12.3 Å². The van der Waals surface area contributed by atoms with E-state index in [1.54, 1.807) is 6.07 Å². The molecule has 36 valence electrons. The maximum absolute atomic E-state index is 9.44. The molecule has 0 aliphatic carbocycles. The van der Waals surface area contributed by atoms with E-state index in [1.807, 2.05) is 0 Å². The van der Waals surface area contributed by atoms with Gasteiger partial charge in [-0.1, -0.05) is 0 Å². The minimum Gasteiger partial charge on any atom is -0.397 e. The molecule has 0 unspecified atom stereocenters. The van der Waals surface area contributed by atoms with Crippen LogP contribution in [0.1, 0.15) is 0 Å². The number of nitriles is 1. The number of hydrogen-bond donors (Lipinski definition) is 0. The van der Waals surface area contributed by atoms with Crippen molar-refractivity contribution in [1.82, 2.24) is 0 Å². The first-order valence-corrected chi connectivity index (χ1v) is 2.13. The van der Waals surface area contributed by atoms with Crippen molar-refractivity contribution in [2.24, 2.45) is 0 Å². The zero-order chi connectivity index (χ0) is 5.70. The molecule has 0 aliphatic heterocycles. The molecule has 0 fully saturated rings. The van der Waals surface area contributed by atoms with Crippen LogP contribution >= 0.6 is 8.69 Å². The monoisotopic (exact) mass is 115 g/mol. The summed E-state index contributed by atoms with van der Waals surface area (Å²) in [6.45, 7) is 3.07. The summed E-state index contributed by atoms with van der Waals surface area (Å²) in [6.07, 6.45) is 0. The fourth-order valence-electron chi connectivity index (χ4n) is 0.0654. The molecule has 0 aromatic heterocycles. The third-order valence-electron chi connectivity index (χ3n) is 0.272. The normalized spacial score (nSPS) is 7.29. The summed E-state index contributed by atoms with van der Waals surface area (Å²) in [5, 5.41) is 7.85. The second kappa shape index (κ2) is 3.32. The number of nitrogens with zero attached hydrogens (tertiary/aromatic N) is 1. The van der Waals surface area contributed by atoms with Gasteiger partial charge >= 0.3 is 8.69 Å².